The topological polar surface area (TPSA) is 83.5 Å². The highest BCUT2D eigenvalue weighted by Crippen LogP contribution is 2.31. The van der Waals surface area contributed by atoms with Gasteiger partial charge in [0.15, 0.2) is 0 Å². The van der Waals surface area contributed by atoms with Crippen LogP contribution in [0.4, 0.5) is 5.69 Å². The average molecular weight is 390 g/mol. The summed E-state index contributed by atoms with van der Waals surface area (Å²) in [6, 6.07) is 4.91. The van der Waals surface area contributed by atoms with E-state index in [1.54, 1.807) is 31.4 Å². The molecule has 0 fully saturated rings. The first-order valence-electron chi connectivity index (χ1n) is 5.82. The molecule has 2 N–H and O–H groups in total. The normalized spacial score (nSPS) is 11.4. The van der Waals surface area contributed by atoms with Gasteiger partial charge in [-0.2, -0.15) is 0 Å². The van der Waals surface area contributed by atoms with Gasteiger partial charge >= 0.3 is 5.97 Å². The summed E-state index contributed by atoms with van der Waals surface area (Å²) in [7, 11) is -3.85. The highest BCUT2D eigenvalue weighted by molar-refractivity contribution is 9.10. The number of sulfonamides is 1. The first-order chi connectivity index (χ1) is 9.72. The van der Waals surface area contributed by atoms with Crippen LogP contribution in [0, 0.1) is 13.8 Å². The summed E-state index contributed by atoms with van der Waals surface area (Å²) >= 11 is 4.23. The van der Waals surface area contributed by atoms with Crippen LogP contribution in [0.2, 0.25) is 0 Å². The summed E-state index contributed by atoms with van der Waals surface area (Å²) in [6.07, 6.45) is 0. The fourth-order valence-corrected chi connectivity index (χ4v) is 4.62. The van der Waals surface area contributed by atoms with Gasteiger partial charge < -0.3 is 5.11 Å². The molecule has 0 aliphatic rings. The molecule has 1 aromatic heterocycles. The third-order valence-corrected chi connectivity index (χ3v) is 5.92. The molecule has 1 aromatic carbocycles. The number of rotatable bonds is 4. The number of carboxylic acid groups (broad SMARTS) is 1. The molecule has 1 heterocycles. The predicted octanol–water partition coefficient (Wildman–Crippen LogP) is 3.63. The molecule has 0 radical (unpaired) electrons. The maximum atomic E-state index is 12.5. The summed E-state index contributed by atoms with van der Waals surface area (Å²) in [5.41, 5.74) is 1.27. The van der Waals surface area contributed by atoms with Gasteiger partial charge in [-0.3, -0.25) is 4.72 Å². The molecule has 8 heteroatoms. The van der Waals surface area contributed by atoms with E-state index in [1.165, 1.54) is 6.07 Å². The van der Waals surface area contributed by atoms with Crippen molar-refractivity contribution in [3.8, 4) is 0 Å². The number of aromatic carboxylic acids is 1. The van der Waals surface area contributed by atoms with Crippen molar-refractivity contribution in [1.82, 2.24) is 0 Å². The lowest BCUT2D eigenvalue weighted by molar-refractivity contribution is 0.0703. The third-order valence-electron chi connectivity index (χ3n) is 2.85. The molecule has 21 heavy (non-hydrogen) atoms. The van der Waals surface area contributed by atoms with E-state index in [1.807, 2.05) is 0 Å². The zero-order chi connectivity index (χ0) is 15.8. The van der Waals surface area contributed by atoms with Gasteiger partial charge in [0.05, 0.1) is 10.6 Å². The standard InChI is InChI=1S/C13H12BrNO4S2/c1-7-3-4-9(14)5-10(7)21(18,19)15-11-8(2)6-20-12(11)13(16)17/h3-6,15H,1-2H3,(H,16,17). The van der Waals surface area contributed by atoms with Gasteiger partial charge in [0, 0.05) is 4.47 Å². The minimum absolute atomic E-state index is 0.0243. The van der Waals surface area contributed by atoms with Crippen LogP contribution in [0.15, 0.2) is 32.9 Å². The Bertz CT molecular complexity index is 812. The fourth-order valence-electron chi connectivity index (χ4n) is 1.78. The van der Waals surface area contributed by atoms with Gasteiger partial charge in [0.25, 0.3) is 10.0 Å². The van der Waals surface area contributed by atoms with Crippen LogP contribution >= 0.6 is 27.3 Å². The van der Waals surface area contributed by atoms with Gasteiger partial charge in [-0.15, -0.1) is 11.3 Å². The highest BCUT2D eigenvalue weighted by atomic mass is 79.9. The number of carbonyl (C=O) groups is 1. The van der Waals surface area contributed by atoms with E-state index >= 15 is 0 Å². The van der Waals surface area contributed by atoms with Crippen molar-refractivity contribution in [2.45, 2.75) is 18.7 Å². The molecule has 0 aliphatic carbocycles. The monoisotopic (exact) mass is 389 g/mol. The molecule has 0 amide bonds. The fraction of sp³-hybridized carbons (Fsp3) is 0.154. The second-order valence-corrected chi connectivity index (χ2v) is 7.89. The van der Waals surface area contributed by atoms with E-state index in [2.05, 4.69) is 20.7 Å². The summed E-state index contributed by atoms with van der Waals surface area (Å²) in [4.78, 5) is 11.2. The second kappa shape index (κ2) is 5.78. The van der Waals surface area contributed by atoms with E-state index in [0.29, 0.717) is 15.6 Å². The van der Waals surface area contributed by atoms with Gasteiger partial charge in [0.2, 0.25) is 0 Å². The lowest BCUT2D eigenvalue weighted by Gasteiger charge is -2.11. The lowest BCUT2D eigenvalue weighted by atomic mass is 10.2. The number of hydrogen-bond donors (Lipinski definition) is 2. The van der Waals surface area contributed by atoms with Crippen LogP contribution in [-0.4, -0.2) is 19.5 Å². The van der Waals surface area contributed by atoms with E-state index < -0.39 is 16.0 Å². The van der Waals surface area contributed by atoms with Crippen molar-refractivity contribution >= 4 is 48.9 Å². The number of hydrogen-bond acceptors (Lipinski definition) is 4. The SMILES string of the molecule is Cc1ccc(Br)cc1S(=O)(=O)Nc1c(C)csc1C(=O)O. The molecule has 0 unspecified atom stereocenters. The van der Waals surface area contributed by atoms with Gasteiger partial charge in [-0.05, 0) is 42.5 Å². The number of aryl methyl sites for hydroxylation is 2. The molecule has 112 valence electrons. The smallest absolute Gasteiger partial charge is 0.348 e. The Morgan fingerprint density at radius 2 is 1.95 bits per heavy atom. The average Bonchev–Trinajstić information content (AvgIpc) is 2.73. The minimum Gasteiger partial charge on any atom is -0.477 e. The number of halogens is 1. The summed E-state index contributed by atoms with van der Waals surface area (Å²) < 4.78 is 28.0. The van der Waals surface area contributed by atoms with Crippen LogP contribution in [0.25, 0.3) is 0 Å². The van der Waals surface area contributed by atoms with Crippen molar-refractivity contribution in [2.24, 2.45) is 0 Å². The largest absolute Gasteiger partial charge is 0.477 e. The molecular formula is C13H12BrNO4S2. The summed E-state index contributed by atoms with van der Waals surface area (Å²) in [5.74, 6) is -1.16. The van der Waals surface area contributed by atoms with Crippen LogP contribution in [0.5, 0.6) is 0 Å². The molecule has 0 spiro atoms. The van der Waals surface area contributed by atoms with E-state index in [9.17, 15) is 13.2 Å². The van der Waals surface area contributed by atoms with Crippen LogP contribution in [0.3, 0.4) is 0 Å². The van der Waals surface area contributed by atoms with Crippen molar-refractivity contribution in [3.05, 3.63) is 44.1 Å². The number of thiophene rings is 1. The van der Waals surface area contributed by atoms with E-state index in [4.69, 9.17) is 5.11 Å². The lowest BCUT2D eigenvalue weighted by Crippen LogP contribution is -2.16. The predicted molar refractivity (Wildman–Crippen MR) is 85.7 cm³/mol. The maximum absolute atomic E-state index is 12.5. The van der Waals surface area contributed by atoms with Crippen LogP contribution in [0.1, 0.15) is 20.8 Å². The Hall–Kier alpha value is -1.38. The zero-order valence-electron chi connectivity index (χ0n) is 11.2. The number of benzene rings is 1. The van der Waals surface area contributed by atoms with Crippen LogP contribution < -0.4 is 4.72 Å². The molecule has 5 nitrogen and oxygen atoms in total. The van der Waals surface area contributed by atoms with Crippen molar-refractivity contribution in [3.63, 3.8) is 0 Å². The van der Waals surface area contributed by atoms with Gasteiger partial charge in [-0.1, -0.05) is 22.0 Å². The van der Waals surface area contributed by atoms with Gasteiger partial charge in [0.1, 0.15) is 4.88 Å². The Morgan fingerprint density at radius 1 is 1.29 bits per heavy atom. The molecule has 0 saturated heterocycles. The van der Waals surface area contributed by atoms with Crippen molar-refractivity contribution < 1.29 is 18.3 Å². The van der Waals surface area contributed by atoms with Crippen molar-refractivity contribution in [2.75, 3.05) is 4.72 Å². The molecule has 0 aliphatic heterocycles. The van der Waals surface area contributed by atoms with E-state index in [-0.39, 0.29) is 15.5 Å². The minimum atomic E-state index is -3.85. The number of anilines is 1. The Labute approximate surface area is 134 Å². The molecule has 0 atom stereocenters. The second-order valence-electron chi connectivity index (χ2n) is 4.44. The first kappa shape index (κ1) is 16.0. The first-order valence-corrected chi connectivity index (χ1v) is 8.98. The highest BCUT2D eigenvalue weighted by Gasteiger charge is 2.23. The van der Waals surface area contributed by atoms with Crippen LogP contribution in [-0.2, 0) is 10.0 Å². The van der Waals surface area contributed by atoms with Crippen molar-refractivity contribution in [1.29, 1.82) is 0 Å². The quantitative estimate of drug-likeness (QED) is 0.835. The molecule has 2 aromatic rings. The molecular weight excluding hydrogens is 378 g/mol. The Balaban J connectivity index is 2.50. The third kappa shape index (κ3) is 3.28. The maximum Gasteiger partial charge on any atom is 0.348 e. The molecule has 2 rings (SSSR count). The molecule has 0 saturated carbocycles. The number of carboxylic acids is 1. The van der Waals surface area contributed by atoms with Gasteiger partial charge in [-0.25, -0.2) is 13.2 Å². The summed E-state index contributed by atoms with van der Waals surface area (Å²) in [6.45, 7) is 3.34. The zero-order valence-corrected chi connectivity index (χ0v) is 14.4. The van der Waals surface area contributed by atoms with E-state index in [0.717, 1.165) is 11.3 Å². The molecule has 0 bridgehead atoms. The Kier molecular flexibility index (Phi) is 4.40. The summed E-state index contributed by atoms with van der Waals surface area (Å²) in [5, 5.41) is 10.7. The Morgan fingerprint density at radius 3 is 2.57 bits per heavy atom. The number of nitrogens with one attached hydrogen (secondary N) is 1.